The Hall–Kier alpha value is -4.04. The van der Waals surface area contributed by atoms with Crippen molar-refractivity contribution in [3.05, 3.63) is 54.1 Å². The summed E-state index contributed by atoms with van der Waals surface area (Å²) in [5, 5.41) is 5.92. The van der Waals surface area contributed by atoms with Gasteiger partial charge in [-0.25, -0.2) is 28.3 Å². The van der Waals surface area contributed by atoms with Crippen LogP contribution < -0.4 is 25.2 Å². The van der Waals surface area contributed by atoms with Crippen molar-refractivity contribution >= 4 is 44.8 Å². The highest BCUT2D eigenvalue weighted by molar-refractivity contribution is 7.92. The lowest BCUT2D eigenvalue weighted by Gasteiger charge is -2.21. The number of halogens is 1. The summed E-state index contributed by atoms with van der Waals surface area (Å²) in [7, 11) is 0.342. The molecule has 0 bridgehead atoms. The largest absolute Gasteiger partial charge is 0.481 e. The third-order valence-electron chi connectivity index (χ3n) is 4.45. The first-order valence-corrected chi connectivity index (χ1v) is 11.4. The quantitative estimate of drug-likeness (QED) is 0.381. The summed E-state index contributed by atoms with van der Waals surface area (Å²) in [6.45, 7) is 0. The predicted molar refractivity (Wildman–Crippen MR) is 124 cm³/mol. The number of methoxy groups -OCH3 is 1. The Labute approximate surface area is 195 Å². The van der Waals surface area contributed by atoms with Crippen molar-refractivity contribution in [1.82, 2.24) is 20.4 Å². The molecular weight excluding hydrogens is 469 g/mol. The molecule has 0 aromatic carbocycles. The molecule has 34 heavy (non-hydrogen) atoms. The molecule has 12 nitrogen and oxygen atoms in total. The van der Waals surface area contributed by atoms with Crippen LogP contribution in [-0.4, -0.2) is 56.8 Å². The van der Waals surface area contributed by atoms with Gasteiger partial charge in [-0.1, -0.05) is 0 Å². The van der Waals surface area contributed by atoms with Gasteiger partial charge in [-0.05, 0) is 18.2 Å². The van der Waals surface area contributed by atoms with E-state index in [0.29, 0.717) is 5.82 Å². The summed E-state index contributed by atoms with van der Waals surface area (Å²) in [6.07, 6.45) is 3.34. The number of aromatic nitrogens is 3. The Morgan fingerprint density at radius 2 is 1.76 bits per heavy atom. The minimum atomic E-state index is -3.67. The van der Waals surface area contributed by atoms with Gasteiger partial charge in [0.2, 0.25) is 15.9 Å². The number of nitrogens with zero attached hydrogens (tertiary/aromatic N) is 4. The standard InChI is InChI=1S/C20H22FN7O5S/c1-28(34(4,30)31)19-14(6-8-18(26-19)32-2)24-15-9-17(23-11-13(15)20(29)27-33-3)25-16-7-5-12(21)10-22-16/h5-11H,1-4H3,(H,27,29)(H2,22,23,24,25). The van der Waals surface area contributed by atoms with Gasteiger partial charge in [0, 0.05) is 25.4 Å². The van der Waals surface area contributed by atoms with Gasteiger partial charge in [0.25, 0.3) is 5.91 Å². The van der Waals surface area contributed by atoms with Crippen LogP contribution in [0.2, 0.25) is 0 Å². The van der Waals surface area contributed by atoms with Crippen molar-refractivity contribution in [2.75, 3.05) is 42.5 Å². The SMILES string of the molecule is CONC(=O)c1cnc(Nc2ccc(F)cn2)cc1Nc1ccc(OC)nc1N(C)S(C)(=O)=O. The van der Waals surface area contributed by atoms with E-state index in [1.54, 1.807) is 6.07 Å². The second-order valence-electron chi connectivity index (χ2n) is 6.82. The maximum Gasteiger partial charge on any atom is 0.278 e. The molecule has 3 rings (SSSR count). The molecule has 0 saturated carbocycles. The monoisotopic (exact) mass is 491 g/mol. The zero-order valence-electron chi connectivity index (χ0n) is 18.7. The second kappa shape index (κ2) is 10.3. The smallest absolute Gasteiger partial charge is 0.278 e. The van der Waals surface area contributed by atoms with E-state index in [1.807, 2.05) is 0 Å². The Kier molecular flexibility index (Phi) is 7.43. The zero-order chi connectivity index (χ0) is 24.9. The third kappa shape index (κ3) is 5.85. The third-order valence-corrected chi connectivity index (χ3v) is 5.62. The molecule has 180 valence electrons. The second-order valence-corrected chi connectivity index (χ2v) is 8.83. The van der Waals surface area contributed by atoms with Crippen LogP contribution in [0.15, 0.2) is 42.7 Å². The zero-order valence-corrected chi connectivity index (χ0v) is 19.5. The van der Waals surface area contributed by atoms with Crippen molar-refractivity contribution in [1.29, 1.82) is 0 Å². The van der Waals surface area contributed by atoms with Crippen molar-refractivity contribution in [3.8, 4) is 5.88 Å². The van der Waals surface area contributed by atoms with Crippen molar-refractivity contribution in [3.63, 3.8) is 0 Å². The van der Waals surface area contributed by atoms with Crippen LogP contribution in [0.3, 0.4) is 0 Å². The number of rotatable bonds is 9. The summed E-state index contributed by atoms with van der Waals surface area (Å²) >= 11 is 0. The van der Waals surface area contributed by atoms with Crippen LogP contribution in [0.4, 0.5) is 33.2 Å². The van der Waals surface area contributed by atoms with Gasteiger partial charge in [0.05, 0.1) is 43.6 Å². The van der Waals surface area contributed by atoms with Gasteiger partial charge in [-0.2, -0.15) is 4.98 Å². The van der Waals surface area contributed by atoms with E-state index in [1.165, 1.54) is 51.7 Å². The lowest BCUT2D eigenvalue weighted by Crippen LogP contribution is -2.27. The van der Waals surface area contributed by atoms with Crippen LogP contribution in [0.1, 0.15) is 10.4 Å². The van der Waals surface area contributed by atoms with Gasteiger partial charge in [-0.3, -0.25) is 13.9 Å². The van der Waals surface area contributed by atoms with E-state index in [-0.39, 0.29) is 34.5 Å². The molecule has 3 N–H and O–H groups in total. The van der Waals surface area contributed by atoms with E-state index in [4.69, 9.17) is 9.57 Å². The highest BCUT2D eigenvalue weighted by Crippen LogP contribution is 2.32. The molecule has 1 amide bonds. The van der Waals surface area contributed by atoms with Crippen LogP contribution in [0, 0.1) is 5.82 Å². The fraction of sp³-hybridized carbons (Fsp3) is 0.200. The highest BCUT2D eigenvalue weighted by Gasteiger charge is 2.21. The average molecular weight is 492 g/mol. The van der Waals surface area contributed by atoms with E-state index in [2.05, 4.69) is 31.1 Å². The summed E-state index contributed by atoms with van der Waals surface area (Å²) < 4.78 is 43.6. The molecule has 0 aliphatic heterocycles. The Bertz CT molecular complexity index is 1290. The maximum atomic E-state index is 13.2. The number of hydrogen-bond donors (Lipinski definition) is 3. The van der Waals surface area contributed by atoms with E-state index < -0.39 is 21.7 Å². The molecule has 0 unspecified atom stereocenters. The number of carbonyl (C=O) groups excluding carboxylic acids is 1. The lowest BCUT2D eigenvalue weighted by atomic mass is 10.2. The van der Waals surface area contributed by atoms with Crippen molar-refractivity contribution in [2.24, 2.45) is 0 Å². The molecule has 0 aliphatic carbocycles. The number of pyridine rings is 3. The lowest BCUT2D eigenvalue weighted by molar-refractivity contribution is 0.0538. The van der Waals surface area contributed by atoms with E-state index >= 15 is 0 Å². The summed E-state index contributed by atoms with van der Waals surface area (Å²) in [4.78, 5) is 29.5. The number of amides is 1. The first-order chi connectivity index (χ1) is 16.1. The first-order valence-electron chi connectivity index (χ1n) is 9.60. The fourth-order valence-electron chi connectivity index (χ4n) is 2.72. The molecule has 0 aliphatic rings. The molecule has 3 heterocycles. The molecule has 0 radical (unpaired) electrons. The highest BCUT2D eigenvalue weighted by atomic mass is 32.2. The van der Waals surface area contributed by atoms with E-state index in [9.17, 15) is 17.6 Å². The van der Waals surface area contributed by atoms with Crippen molar-refractivity contribution in [2.45, 2.75) is 0 Å². The summed E-state index contributed by atoms with van der Waals surface area (Å²) in [5.41, 5.74) is 2.80. The van der Waals surface area contributed by atoms with Gasteiger partial charge < -0.3 is 15.4 Å². The van der Waals surface area contributed by atoms with Crippen LogP contribution in [0.25, 0.3) is 0 Å². The van der Waals surface area contributed by atoms with Crippen LogP contribution >= 0.6 is 0 Å². The number of nitrogens with one attached hydrogen (secondary N) is 3. The van der Waals surface area contributed by atoms with Gasteiger partial charge in [-0.15, -0.1) is 0 Å². The predicted octanol–water partition coefficient (Wildman–Crippen LogP) is 2.19. The van der Waals surface area contributed by atoms with Crippen LogP contribution in [0.5, 0.6) is 5.88 Å². The minimum Gasteiger partial charge on any atom is -0.481 e. The first kappa shape index (κ1) is 24.6. The number of hydroxylamine groups is 1. The van der Waals surface area contributed by atoms with Gasteiger partial charge in [0.1, 0.15) is 17.5 Å². The number of hydrogen-bond acceptors (Lipinski definition) is 10. The van der Waals surface area contributed by atoms with Gasteiger partial charge >= 0.3 is 0 Å². The molecule has 3 aromatic heterocycles. The molecule has 14 heteroatoms. The Balaban J connectivity index is 2.06. The Morgan fingerprint density at radius 1 is 1.03 bits per heavy atom. The molecule has 3 aromatic rings. The number of ether oxygens (including phenoxy) is 1. The minimum absolute atomic E-state index is 0.0338. The molecule has 0 atom stereocenters. The number of anilines is 5. The Morgan fingerprint density at radius 3 is 2.38 bits per heavy atom. The molecule has 0 spiro atoms. The van der Waals surface area contributed by atoms with Crippen LogP contribution in [-0.2, 0) is 14.9 Å². The number of carbonyl (C=O) groups is 1. The maximum absolute atomic E-state index is 13.2. The number of sulfonamides is 1. The molecular formula is C20H22FN7O5S. The van der Waals surface area contributed by atoms with Gasteiger partial charge in [0.15, 0.2) is 5.82 Å². The fourth-order valence-corrected chi connectivity index (χ4v) is 3.17. The average Bonchev–Trinajstić information content (AvgIpc) is 2.80. The molecule has 0 fully saturated rings. The summed E-state index contributed by atoms with van der Waals surface area (Å²) in [5.74, 6) is -0.294. The van der Waals surface area contributed by atoms with E-state index in [0.717, 1.165) is 16.8 Å². The normalized spacial score (nSPS) is 11.0. The molecule has 0 saturated heterocycles. The topological polar surface area (TPSA) is 148 Å². The summed E-state index contributed by atoms with van der Waals surface area (Å²) in [6, 6.07) is 7.22. The van der Waals surface area contributed by atoms with Crippen molar-refractivity contribution < 1.29 is 27.2 Å².